The predicted molar refractivity (Wildman–Crippen MR) is 70.4 cm³/mol. The molecule has 0 saturated heterocycles. The summed E-state index contributed by atoms with van der Waals surface area (Å²) in [5.74, 6) is 0.348. The van der Waals surface area contributed by atoms with E-state index >= 15 is 0 Å². The maximum Gasteiger partial charge on any atom is 0.182 e. The molecule has 0 fully saturated rings. The summed E-state index contributed by atoms with van der Waals surface area (Å²) < 4.78 is 5.15. The molecule has 18 heavy (non-hydrogen) atoms. The van der Waals surface area contributed by atoms with Crippen LogP contribution < -0.4 is 16.0 Å². The molecule has 7 heteroatoms. The summed E-state index contributed by atoms with van der Waals surface area (Å²) in [6, 6.07) is 4.89. The lowest BCUT2D eigenvalue weighted by Gasteiger charge is -2.14. The van der Waals surface area contributed by atoms with E-state index in [-0.39, 0.29) is 10.8 Å². The van der Waals surface area contributed by atoms with Crippen molar-refractivity contribution >= 4 is 23.0 Å². The van der Waals surface area contributed by atoms with E-state index in [9.17, 15) is 5.21 Å². The highest BCUT2D eigenvalue weighted by atomic mass is 35.5. The number of benzene rings is 1. The molecular formula is C11H10ClN4O2-. The van der Waals surface area contributed by atoms with Crippen LogP contribution in [0.3, 0.4) is 0 Å². The van der Waals surface area contributed by atoms with Gasteiger partial charge in [0.1, 0.15) is 12.0 Å². The zero-order valence-electron chi connectivity index (χ0n) is 9.48. The van der Waals surface area contributed by atoms with Crippen LogP contribution in [-0.2, 0) is 0 Å². The molecule has 0 aliphatic heterocycles. The molecule has 1 aromatic heterocycles. The minimum absolute atomic E-state index is 0.205. The van der Waals surface area contributed by atoms with E-state index in [4.69, 9.17) is 22.1 Å². The Morgan fingerprint density at radius 3 is 2.83 bits per heavy atom. The van der Waals surface area contributed by atoms with Gasteiger partial charge in [-0.1, -0.05) is 17.7 Å². The second-order valence-electron chi connectivity index (χ2n) is 3.45. The van der Waals surface area contributed by atoms with Crippen molar-refractivity contribution in [1.82, 2.24) is 9.97 Å². The van der Waals surface area contributed by atoms with Crippen LogP contribution in [0.2, 0.25) is 5.15 Å². The summed E-state index contributed by atoms with van der Waals surface area (Å²) in [7, 11) is 1.47. The zero-order chi connectivity index (χ0) is 13.1. The first kappa shape index (κ1) is 12.4. The van der Waals surface area contributed by atoms with Gasteiger partial charge in [0, 0.05) is 11.3 Å². The van der Waals surface area contributed by atoms with Gasteiger partial charge in [-0.05, 0) is 12.1 Å². The van der Waals surface area contributed by atoms with E-state index in [1.165, 1.54) is 13.4 Å². The van der Waals surface area contributed by atoms with Crippen LogP contribution in [0.25, 0.3) is 11.3 Å². The summed E-state index contributed by atoms with van der Waals surface area (Å²) >= 11 is 5.91. The number of ether oxygens (including phenoxy) is 1. The first-order valence-corrected chi connectivity index (χ1v) is 5.37. The fourth-order valence-corrected chi connectivity index (χ4v) is 1.74. The van der Waals surface area contributed by atoms with Gasteiger partial charge in [0.2, 0.25) is 0 Å². The van der Waals surface area contributed by atoms with Crippen LogP contribution in [0.15, 0.2) is 24.5 Å². The Labute approximate surface area is 108 Å². The monoisotopic (exact) mass is 265 g/mol. The van der Waals surface area contributed by atoms with Gasteiger partial charge < -0.3 is 21.2 Å². The smallest absolute Gasteiger partial charge is 0.182 e. The second-order valence-corrected chi connectivity index (χ2v) is 3.81. The molecule has 1 heterocycles. The molecular weight excluding hydrogens is 256 g/mol. The molecule has 0 bridgehead atoms. The summed E-state index contributed by atoms with van der Waals surface area (Å²) in [5, 5.41) is 10.9. The van der Waals surface area contributed by atoms with Crippen LogP contribution in [0.1, 0.15) is 0 Å². The molecule has 3 N–H and O–H groups in total. The van der Waals surface area contributed by atoms with Gasteiger partial charge in [0.15, 0.2) is 10.9 Å². The average Bonchev–Trinajstić information content (AvgIpc) is 2.39. The van der Waals surface area contributed by atoms with Crippen molar-refractivity contribution in [3.63, 3.8) is 0 Å². The summed E-state index contributed by atoms with van der Waals surface area (Å²) in [6.07, 6.45) is 1.32. The van der Waals surface area contributed by atoms with Crippen LogP contribution >= 0.6 is 11.6 Å². The number of nitrogens with one attached hydrogen (secondary N) is 1. The predicted octanol–water partition coefficient (Wildman–Crippen LogP) is 2.30. The molecule has 2 aromatic rings. The second kappa shape index (κ2) is 5.07. The SMILES string of the molecule is COc1c(Cl)ncnc1-c1ccc(N)c(N[O-])c1. The molecule has 0 aliphatic carbocycles. The zero-order valence-corrected chi connectivity index (χ0v) is 10.2. The average molecular weight is 266 g/mol. The van der Waals surface area contributed by atoms with E-state index in [1.54, 1.807) is 23.7 Å². The molecule has 0 atom stereocenters. The molecule has 1 aromatic carbocycles. The summed E-state index contributed by atoms with van der Waals surface area (Å²) in [5.41, 5.74) is 9.16. The topological polar surface area (TPSA) is 96.1 Å². The lowest BCUT2D eigenvalue weighted by molar-refractivity contribution is 0.413. The molecule has 6 nitrogen and oxygen atoms in total. The quantitative estimate of drug-likeness (QED) is 0.502. The molecule has 0 radical (unpaired) electrons. The first-order valence-electron chi connectivity index (χ1n) is 5.00. The van der Waals surface area contributed by atoms with Crippen molar-refractivity contribution < 1.29 is 4.74 Å². The molecule has 0 spiro atoms. The Balaban J connectivity index is 2.58. The third-order valence-electron chi connectivity index (χ3n) is 2.40. The number of methoxy groups -OCH3 is 1. The number of hydrogen-bond donors (Lipinski definition) is 2. The van der Waals surface area contributed by atoms with E-state index in [1.807, 2.05) is 0 Å². The standard InChI is InChI=1S/C11H10ClN4O2/c1-18-10-9(14-5-15-11(10)12)6-2-3-7(13)8(4-6)16-17/h2-5,16H,13H2,1H3/q-1. The largest absolute Gasteiger partial charge is 0.761 e. The highest BCUT2D eigenvalue weighted by Crippen LogP contribution is 2.34. The fourth-order valence-electron chi connectivity index (χ4n) is 1.53. The van der Waals surface area contributed by atoms with Gasteiger partial charge in [-0.2, -0.15) is 0 Å². The Morgan fingerprint density at radius 1 is 1.39 bits per heavy atom. The highest BCUT2D eigenvalue weighted by Gasteiger charge is 2.13. The van der Waals surface area contributed by atoms with Crippen LogP contribution in [-0.4, -0.2) is 17.1 Å². The lowest BCUT2D eigenvalue weighted by Crippen LogP contribution is -1.97. The van der Waals surface area contributed by atoms with Crippen molar-refractivity contribution in [3.05, 3.63) is 34.9 Å². The molecule has 2 rings (SSSR count). The summed E-state index contributed by atoms with van der Waals surface area (Å²) in [6.45, 7) is 0. The minimum Gasteiger partial charge on any atom is -0.761 e. The van der Waals surface area contributed by atoms with Crippen molar-refractivity contribution in [3.8, 4) is 17.0 Å². The van der Waals surface area contributed by atoms with Gasteiger partial charge in [-0.25, -0.2) is 9.97 Å². The minimum atomic E-state index is 0.205. The Hall–Kier alpha value is -2.05. The Kier molecular flexibility index (Phi) is 3.50. The first-order chi connectivity index (χ1) is 8.67. The van der Waals surface area contributed by atoms with Crippen LogP contribution in [0, 0.1) is 5.21 Å². The van der Waals surface area contributed by atoms with Gasteiger partial charge in [0.25, 0.3) is 0 Å². The van der Waals surface area contributed by atoms with Crippen molar-refractivity contribution in [2.45, 2.75) is 0 Å². The van der Waals surface area contributed by atoms with Crippen LogP contribution in [0.5, 0.6) is 5.75 Å². The number of hydrogen-bond acceptors (Lipinski definition) is 6. The van der Waals surface area contributed by atoms with Gasteiger partial charge in [-0.15, -0.1) is 0 Å². The van der Waals surface area contributed by atoms with Gasteiger partial charge >= 0.3 is 0 Å². The van der Waals surface area contributed by atoms with Crippen LogP contribution in [0.4, 0.5) is 11.4 Å². The number of rotatable bonds is 3. The maximum absolute atomic E-state index is 10.7. The number of aromatic nitrogens is 2. The molecule has 0 aliphatic rings. The van der Waals surface area contributed by atoms with Crippen molar-refractivity contribution in [2.75, 3.05) is 18.3 Å². The number of halogens is 1. The highest BCUT2D eigenvalue weighted by molar-refractivity contribution is 6.31. The molecule has 0 amide bonds. The normalized spacial score (nSPS) is 10.2. The van der Waals surface area contributed by atoms with E-state index in [0.29, 0.717) is 22.7 Å². The maximum atomic E-state index is 10.7. The van der Waals surface area contributed by atoms with E-state index < -0.39 is 0 Å². The van der Waals surface area contributed by atoms with Gasteiger partial charge in [0.05, 0.1) is 12.8 Å². The number of nitrogens with zero attached hydrogens (tertiary/aromatic N) is 2. The Bertz CT molecular complexity index is 577. The third-order valence-corrected chi connectivity index (χ3v) is 2.67. The Morgan fingerprint density at radius 2 is 2.17 bits per heavy atom. The number of nitrogen functional groups attached to an aromatic ring is 1. The summed E-state index contributed by atoms with van der Waals surface area (Å²) in [4.78, 5) is 7.92. The van der Waals surface area contributed by atoms with Crippen molar-refractivity contribution in [1.29, 1.82) is 0 Å². The lowest BCUT2D eigenvalue weighted by atomic mass is 10.1. The molecule has 0 unspecified atom stereocenters. The number of nitrogens with two attached hydrogens (primary N) is 1. The van der Waals surface area contributed by atoms with Gasteiger partial charge in [-0.3, -0.25) is 0 Å². The van der Waals surface area contributed by atoms with Crippen molar-refractivity contribution in [2.24, 2.45) is 0 Å². The molecule has 94 valence electrons. The fraction of sp³-hybridized carbons (Fsp3) is 0.0909. The van der Waals surface area contributed by atoms with E-state index in [2.05, 4.69) is 9.97 Å². The van der Waals surface area contributed by atoms with E-state index in [0.717, 1.165) is 0 Å². The number of anilines is 2. The third kappa shape index (κ3) is 2.15. The molecule has 0 saturated carbocycles.